The molecule has 25 heavy (non-hydrogen) atoms. The Morgan fingerprint density at radius 3 is 1.48 bits per heavy atom. The molecular formula is C15H32O10. The summed E-state index contributed by atoms with van der Waals surface area (Å²) < 4.78 is 26.0. The molecule has 0 amide bonds. The van der Waals surface area contributed by atoms with Crippen molar-refractivity contribution in [3.8, 4) is 0 Å². The zero-order valence-electron chi connectivity index (χ0n) is 14.7. The minimum Gasteiger partial charge on any atom is -0.394 e. The van der Waals surface area contributed by atoms with E-state index in [2.05, 4.69) is 0 Å². The summed E-state index contributed by atoms with van der Waals surface area (Å²) in [5, 5.41) is 47.3. The number of aliphatic hydroxyl groups is 5. The molecule has 0 spiro atoms. The minimum absolute atomic E-state index is 0.0645. The lowest BCUT2D eigenvalue weighted by Gasteiger charge is -2.39. The summed E-state index contributed by atoms with van der Waals surface area (Å²) in [6.07, 6.45) is -2.17. The summed E-state index contributed by atoms with van der Waals surface area (Å²) >= 11 is 0. The van der Waals surface area contributed by atoms with Gasteiger partial charge < -0.3 is 49.2 Å². The van der Waals surface area contributed by atoms with Crippen LogP contribution >= 0.6 is 0 Å². The third-order valence-corrected chi connectivity index (χ3v) is 3.39. The highest BCUT2D eigenvalue weighted by Gasteiger charge is 2.45. The molecule has 0 saturated carbocycles. The van der Waals surface area contributed by atoms with Crippen molar-refractivity contribution in [2.75, 3.05) is 79.8 Å². The largest absolute Gasteiger partial charge is 0.394 e. The van der Waals surface area contributed by atoms with Crippen molar-refractivity contribution in [3.63, 3.8) is 0 Å². The Bertz CT molecular complexity index is 269. The third-order valence-electron chi connectivity index (χ3n) is 3.39. The summed E-state index contributed by atoms with van der Waals surface area (Å²) in [6.45, 7) is -0.744. The fraction of sp³-hybridized carbons (Fsp3) is 1.00. The Labute approximate surface area is 147 Å². The predicted octanol–water partition coefficient (Wildman–Crippen LogP) is -2.86. The van der Waals surface area contributed by atoms with Gasteiger partial charge in [-0.15, -0.1) is 0 Å². The van der Waals surface area contributed by atoms with E-state index in [1.807, 2.05) is 0 Å². The number of aliphatic hydroxyl groups excluding tert-OH is 4. The molecule has 0 heterocycles. The van der Waals surface area contributed by atoms with E-state index < -0.39 is 31.0 Å². The van der Waals surface area contributed by atoms with Crippen LogP contribution in [-0.2, 0) is 23.7 Å². The fourth-order valence-corrected chi connectivity index (χ4v) is 2.17. The van der Waals surface area contributed by atoms with E-state index in [0.29, 0.717) is 0 Å². The van der Waals surface area contributed by atoms with Crippen LogP contribution in [0.2, 0.25) is 0 Å². The Hall–Kier alpha value is -0.400. The van der Waals surface area contributed by atoms with Crippen LogP contribution in [0, 0.1) is 0 Å². The van der Waals surface area contributed by atoms with E-state index in [1.54, 1.807) is 0 Å². The maximum absolute atomic E-state index is 10.9. The lowest BCUT2D eigenvalue weighted by molar-refractivity contribution is -0.222. The molecular weight excluding hydrogens is 340 g/mol. The molecule has 0 aromatic rings. The first kappa shape index (κ1) is 24.6. The van der Waals surface area contributed by atoms with Crippen LogP contribution in [0.4, 0.5) is 0 Å². The van der Waals surface area contributed by atoms with Gasteiger partial charge in [0.05, 0.1) is 72.7 Å². The molecule has 10 heteroatoms. The van der Waals surface area contributed by atoms with E-state index in [4.69, 9.17) is 33.9 Å². The number of rotatable bonds is 18. The van der Waals surface area contributed by atoms with Gasteiger partial charge in [0.2, 0.25) is 0 Å². The van der Waals surface area contributed by atoms with Crippen molar-refractivity contribution in [1.82, 2.24) is 0 Å². The van der Waals surface area contributed by atoms with Crippen molar-refractivity contribution in [2.24, 2.45) is 0 Å². The Morgan fingerprint density at radius 2 is 1.16 bits per heavy atom. The van der Waals surface area contributed by atoms with E-state index in [0.717, 1.165) is 0 Å². The normalized spacial score (nSPS) is 16.6. The average Bonchev–Trinajstić information content (AvgIpc) is 2.61. The van der Waals surface area contributed by atoms with Crippen molar-refractivity contribution >= 4 is 0 Å². The summed E-state index contributed by atoms with van der Waals surface area (Å²) in [5.41, 5.74) is -1.80. The van der Waals surface area contributed by atoms with Crippen LogP contribution in [0.25, 0.3) is 0 Å². The molecule has 0 fully saturated rings. The minimum atomic E-state index is -1.80. The van der Waals surface area contributed by atoms with Crippen LogP contribution in [0.15, 0.2) is 0 Å². The lowest BCUT2D eigenvalue weighted by Crippen LogP contribution is -2.60. The maximum Gasteiger partial charge on any atom is 0.144 e. The Kier molecular flexibility index (Phi) is 15.6. The van der Waals surface area contributed by atoms with Gasteiger partial charge in [-0.2, -0.15) is 0 Å². The molecule has 2 unspecified atom stereocenters. The molecule has 152 valence electrons. The van der Waals surface area contributed by atoms with E-state index >= 15 is 0 Å². The maximum atomic E-state index is 10.9. The van der Waals surface area contributed by atoms with E-state index in [1.165, 1.54) is 7.11 Å². The van der Waals surface area contributed by atoms with E-state index in [9.17, 15) is 15.3 Å². The summed E-state index contributed by atoms with van der Waals surface area (Å²) in [4.78, 5) is 0. The first-order valence-corrected chi connectivity index (χ1v) is 8.14. The Balaban J connectivity index is 4.67. The second kappa shape index (κ2) is 15.8. The van der Waals surface area contributed by atoms with Gasteiger partial charge in [-0.1, -0.05) is 0 Å². The van der Waals surface area contributed by atoms with Crippen molar-refractivity contribution in [2.45, 2.75) is 17.8 Å². The van der Waals surface area contributed by atoms with Gasteiger partial charge >= 0.3 is 0 Å². The molecule has 10 nitrogen and oxygen atoms in total. The van der Waals surface area contributed by atoms with Crippen LogP contribution in [0.1, 0.15) is 0 Å². The third kappa shape index (κ3) is 9.75. The first-order chi connectivity index (χ1) is 12.1. The molecule has 0 aromatic carbocycles. The quantitative estimate of drug-likeness (QED) is 0.159. The molecule has 5 N–H and O–H groups in total. The van der Waals surface area contributed by atoms with Gasteiger partial charge in [-0.3, -0.25) is 0 Å². The summed E-state index contributed by atoms with van der Waals surface area (Å²) in [5.74, 6) is 0. The van der Waals surface area contributed by atoms with Crippen LogP contribution in [-0.4, -0.2) is 123 Å². The topological polar surface area (TPSA) is 147 Å². The van der Waals surface area contributed by atoms with Crippen molar-refractivity contribution in [1.29, 1.82) is 0 Å². The number of hydrogen-bond donors (Lipinski definition) is 5. The monoisotopic (exact) mass is 372 g/mol. The van der Waals surface area contributed by atoms with Crippen LogP contribution < -0.4 is 0 Å². The van der Waals surface area contributed by atoms with Crippen molar-refractivity contribution < 1.29 is 49.2 Å². The smallest absolute Gasteiger partial charge is 0.144 e. The number of methoxy groups -OCH3 is 1. The highest BCUT2D eigenvalue weighted by molar-refractivity contribution is 4.95. The average molecular weight is 372 g/mol. The highest BCUT2D eigenvalue weighted by atomic mass is 16.6. The Morgan fingerprint density at radius 1 is 0.720 bits per heavy atom. The molecule has 2 atom stereocenters. The molecule has 0 radical (unpaired) electrons. The predicted molar refractivity (Wildman–Crippen MR) is 86.3 cm³/mol. The zero-order chi connectivity index (χ0) is 19.0. The van der Waals surface area contributed by atoms with Gasteiger partial charge in [-0.05, 0) is 0 Å². The van der Waals surface area contributed by atoms with Gasteiger partial charge in [0.15, 0.2) is 0 Å². The number of ether oxygens (including phenoxy) is 5. The molecule has 0 aliphatic rings. The molecule has 0 aromatic heterocycles. The van der Waals surface area contributed by atoms with Gasteiger partial charge in [0.1, 0.15) is 17.8 Å². The van der Waals surface area contributed by atoms with Gasteiger partial charge in [0, 0.05) is 7.11 Å². The second-order valence-electron chi connectivity index (χ2n) is 5.18. The molecule has 0 aliphatic heterocycles. The molecule has 0 rings (SSSR count). The van der Waals surface area contributed by atoms with Gasteiger partial charge in [-0.25, -0.2) is 0 Å². The van der Waals surface area contributed by atoms with Crippen LogP contribution in [0.5, 0.6) is 0 Å². The van der Waals surface area contributed by atoms with Crippen LogP contribution in [0.3, 0.4) is 0 Å². The summed E-state index contributed by atoms with van der Waals surface area (Å²) in [7, 11) is 1.36. The standard InChI is InChI=1S/C15H32O10/c1-21-12-15(20,13(10-18)24-8-6-22-4-2-16)14(11-19)25-9-7-23-5-3-17/h13-14,16-20H,2-12H2,1H3. The van der Waals surface area contributed by atoms with Crippen molar-refractivity contribution in [3.05, 3.63) is 0 Å². The van der Waals surface area contributed by atoms with Gasteiger partial charge in [0.25, 0.3) is 0 Å². The first-order valence-electron chi connectivity index (χ1n) is 8.14. The molecule has 0 bridgehead atoms. The molecule has 0 aliphatic carbocycles. The number of hydrogen-bond acceptors (Lipinski definition) is 10. The SMILES string of the molecule is COCC(O)(C(CO)OCCOCCO)C(CO)OCCOCCO. The molecule has 0 saturated heterocycles. The lowest BCUT2D eigenvalue weighted by atomic mass is 9.91. The zero-order valence-corrected chi connectivity index (χ0v) is 14.7. The van der Waals surface area contributed by atoms with E-state index in [-0.39, 0.29) is 59.5 Å². The second-order valence-corrected chi connectivity index (χ2v) is 5.18. The summed E-state index contributed by atoms with van der Waals surface area (Å²) in [6, 6.07) is 0. The highest BCUT2D eigenvalue weighted by Crippen LogP contribution is 2.22. The fourth-order valence-electron chi connectivity index (χ4n) is 2.17.